The van der Waals surface area contributed by atoms with Gasteiger partial charge in [0.05, 0.1) is 7.11 Å². The third-order valence-corrected chi connectivity index (χ3v) is 3.46. The minimum atomic E-state index is -0.959. The maximum Gasteiger partial charge on any atom is 0.339 e. The van der Waals surface area contributed by atoms with E-state index < -0.39 is 5.97 Å². The van der Waals surface area contributed by atoms with Gasteiger partial charge in [-0.2, -0.15) is 0 Å². The fraction of sp³-hybridized carbons (Fsp3) is 0.235. The highest BCUT2D eigenvalue weighted by atomic mass is 16.5. The Balaban J connectivity index is 2.24. The van der Waals surface area contributed by atoms with Gasteiger partial charge >= 0.3 is 5.97 Å². The molecule has 0 aliphatic rings. The van der Waals surface area contributed by atoms with E-state index in [0.717, 1.165) is 18.4 Å². The van der Waals surface area contributed by atoms with Gasteiger partial charge in [0.25, 0.3) is 0 Å². The van der Waals surface area contributed by atoms with Crippen molar-refractivity contribution in [3.8, 4) is 5.75 Å². The number of aryl methyl sites for hydroxylation is 3. The van der Waals surface area contributed by atoms with Gasteiger partial charge in [0, 0.05) is 0 Å². The van der Waals surface area contributed by atoms with E-state index in [-0.39, 0.29) is 5.56 Å². The van der Waals surface area contributed by atoms with Crippen LogP contribution in [-0.4, -0.2) is 18.2 Å². The Morgan fingerprint density at radius 1 is 1.05 bits per heavy atom. The van der Waals surface area contributed by atoms with Crippen molar-refractivity contribution < 1.29 is 14.6 Å². The minimum absolute atomic E-state index is 0.217. The fourth-order valence-corrected chi connectivity index (χ4v) is 2.35. The second-order valence-electron chi connectivity index (χ2n) is 4.73. The molecule has 0 atom stereocenters. The first-order chi connectivity index (χ1) is 9.63. The molecule has 3 heteroatoms. The molecule has 0 aliphatic heterocycles. The molecule has 0 saturated heterocycles. The van der Waals surface area contributed by atoms with Crippen LogP contribution in [0.2, 0.25) is 0 Å². The number of carboxylic acid groups (broad SMARTS) is 1. The molecule has 2 aromatic carbocycles. The van der Waals surface area contributed by atoms with Crippen molar-refractivity contribution >= 4 is 5.97 Å². The number of carbonyl (C=O) groups is 1. The monoisotopic (exact) mass is 270 g/mol. The van der Waals surface area contributed by atoms with E-state index in [1.165, 1.54) is 18.2 Å². The van der Waals surface area contributed by atoms with Crippen molar-refractivity contribution in [1.82, 2.24) is 0 Å². The third kappa shape index (κ3) is 2.99. The van der Waals surface area contributed by atoms with E-state index in [4.69, 9.17) is 4.74 Å². The van der Waals surface area contributed by atoms with Gasteiger partial charge in [-0.3, -0.25) is 0 Å². The Morgan fingerprint density at radius 2 is 1.70 bits per heavy atom. The van der Waals surface area contributed by atoms with Crippen LogP contribution in [0.3, 0.4) is 0 Å². The largest absolute Gasteiger partial charge is 0.496 e. The number of rotatable bonds is 5. The van der Waals surface area contributed by atoms with Gasteiger partial charge in [0.1, 0.15) is 11.3 Å². The van der Waals surface area contributed by atoms with Crippen molar-refractivity contribution in [2.75, 3.05) is 7.11 Å². The van der Waals surface area contributed by atoms with Crippen LogP contribution in [0.25, 0.3) is 0 Å². The molecule has 1 N–H and O–H groups in total. The number of para-hydroxylation sites is 1. The molecule has 2 aromatic rings. The zero-order valence-corrected chi connectivity index (χ0v) is 11.7. The number of ether oxygens (including phenoxy) is 1. The standard InChI is InChI=1S/C17H18O3/c1-12-6-3-4-7-13(12)10-11-14-8-5-9-15(17(18)19)16(14)20-2/h3-9H,10-11H2,1-2H3,(H,18,19). The van der Waals surface area contributed by atoms with Crippen LogP contribution in [0.1, 0.15) is 27.0 Å². The molecule has 0 saturated carbocycles. The van der Waals surface area contributed by atoms with Crippen LogP contribution in [0.5, 0.6) is 5.75 Å². The molecule has 0 spiro atoms. The first kappa shape index (κ1) is 14.1. The SMILES string of the molecule is COc1c(CCc2ccccc2C)cccc1C(=O)O. The second kappa shape index (κ2) is 6.24. The molecule has 0 fully saturated rings. The summed E-state index contributed by atoms with van der Waals surface area (Å²) in [5, 5.41) is 9.17. The highest BCUT2D eigenvalue weighted by Crippen LogP contribution is 2.25. The lowest BCUT2D eigenvalue weighted by atomic mass is 9.98. The molecule has 20 heavy (non-hydrogen) atoms. The number of aromatic carboxylic acids is 1. The molecule has 0 heterocycles. The lowest BCUT2D eigenvalue weighted by molar-refractivity contribution is 0.0693. The molecule has 0 bridgehead atoms. The zero-order valence-electron chi connectivity index (χ0n) is 11.7. The van der Waals surface area contributed by atoms with Crippen molar-refractivity contribution in [2.24, 2.45) is 0 Å². The summed E-state index contributed by atoms with van der Waals surface area (Å²) in [7, 11) is 1.51. The average molecular weight is 270 g/mol. The summed E-state index contributed by atoms with van der Waals surface area (Å²) >= 11 is 0. The van der Waals surface area contributed by atoms with Gasteiger partial charge in [0.2, 0.25) is 0 Å². The summed E-state index contributed by atoms with van der Waals surface area (Å²) < 4.78 is 5.28. The first-order valence-corrected chi connectivity index (χ1v) is 6.57. The molecule has 0 aromatic heterocycles. The summed E-state index contributed by atoms with van der Waals surface area (Å²) in [5.74, 6) is -0.492. The lowest BCUT2D eigenvalue weighted by Crippen LogP contribution is -2.04. The van der Waals surface area contributed by atoms with E-state index in [1.54, 1.807) is 12.1 Å². The van der Waals surface area contributed by atoms with Crippen molar-refractivity contribution in [1.29, 1.82) is 0 Å². The number of hydrogen-bond donors (Lipinski definition) is 1. The predicted octanol–water partition coefficient (Wildman–Crippen LogP) is 3.49. The predicted molar refractivity (Wildman–Crippen MR) is 78.5 cm³/mol. The Kier molecular flexibility index (Phi) is 4.41. The Morgan fingerprint density at radius 3 is 2.35 bits per heavy atom. The van der Waals surface area contributed by atoms with E-state index in [0.29, 0.717) is 5.75 Å². The van der Waals surface area contributed by atoms with E-state index in [1.807, 2.05) is 18.2 Å². The highest BCUT2D eigenvalue weighted by Gasteiger charge is 2.14. The van der Waals surface area contributed by atoms with Crippen LogP contribution >= 0.6 is 0 Å². The third-order valence-electron chi connectivity index (χ3n) is 3.46. The summed E-state index contributed by atoms with van der Waals surface area (Å²) in [6.45, 7) is 2.08. The molecule has 0 aliphatic carbocycles. The first-order valence-electron chi connectivity index (χ1n) is 6.57. The summed E-state index contributed by atoms with van der Waals surface area (Å²) in [6, 6.07) is 13.5. The van der Waals surface area contributed by atoms with Crippen molar-refractivity contribution in [3.05, 3.63) is 64.7 Å². The highest BCUT2D eigenvalue weighted by molar-refractivity contribution is 5.91. The molecular formula is C17H18O3. The Labute approximate surface area is 118 Å². The number of benzene rings is 2. The molecule has 2 rings (SSSR count). The van der Waals surface area contributed by atoms with E-state index in [2.05, 4.69) is 19.1 Å². The Hall–Kier alpha value is -2.29. The van der Waals surface area contributed by atoms with E-state index >= 15 is 0 Å². The maximum atomic E-state index is 11.2. The Bertz CT molecular complexity index is 617. The van der Waals surface area contributed by atoms with Crippen LogP contribution in [-0.2, 0) is 12.8 Å². The van der Waals surface area contributed by atoms with Crippen molar-refractivity contribution in [3.63, 3.8) is 0 Å². The van der Waals surface area contributed by atoms with Crippen molar-refractivity contribution in [2.45, 2.75) is 19.8 Å². The fourth-order valence-electron chi connectivity index (χ4n) is 2.35. The molecule has 104 valence electrons. The van der Waals surface area contributed by atoms with Crippen LogP contribution in [0.4, 0.5) is 0 Å². The lowest BCUT2D eigenvalue weighted by Gasteiger charge is -2.12. The minimum Gasteiger partial charge on any atom is -0.496 e. The summed E-state index contributed by atoms with van der Waals surface area (Å²) in [5.41, 5.74) is 3.67. The van der Waals surface area contributed by atoms with Crippen LogP contribution in [0.15, 0.2) is 42.5 Å². The average Bonchev–Trinajstić information content (AvgIpc) is 2.45. The van der Waals surface area contributed by atoms with Gasteiger partial charge in [0.15, 0.2) is 0 Å². The summed E-state index contributed by atoms with van der Waals surface area (Å²) in [6.07, 6.45) is 1.63. The van der Waals surface area contributed by atoms with Gasteiger partial charge in [-0.05, 0) is 42.5 Å². The number of methoxy groups -OCH3 is 1. The zero-order chi connectivity index (χ0) is 14.5. The van der Waals surface area contributed by atoms with Gasteiger partial charge in [-0.15, -0.1) is 0 Å². The molecule has 0 amide bonds. The quantitative estimate of drug-likeness (QED) is 0.904. The molecule has 0 radical (unpaired) electrons. The topological polar surface area (TPSA) is 46.5 Å². The normalized spacial score (nSPS) is 10.3. The molecule has 3 nitrogen and oxygen atoms in total. The maximum absolute atomic E-state index is 11.2. The van der Waals surface area contributed by atoms with Gasteiger partial charge in [-0.25, -0.2) is 4.79 Å². The van der Waals surface area contributed by atoms with Gasteiger partial charge in [-0.1, -0.05) is 36.4 Å². The second-order valence-corrected chi connectivity index (χ2v) is 4.73. The smallest absolute Gasteiger partial charge is 0.339 e. The molecule has 0 unspecified atom stereocenters. The van der Waals surface area contributed by atoms with Gasteiger partial charge < -0.3 is 9.84 Å². The number of carboxylic acids is 1. The van der Waals surface area contributed by atoms with Crippen LogP contribution in [0, 0.1) is 6.92 Å². The molecular weight excluding hydrogens is 252 g/mol. The van der Waals surface area contributed by atoms with E-state index in [9.17, 15) is 9.90 Å². The van der Waals surface area contributed by atoms with Crippen LogP contribution < -0.4 is 4.74 Å². The summed E-state index contributed by atoms with van der Waals surface area (Å²) in [4.78, 5) is 11.2. The number of hydrogen-bond acceptors (Lipinski definition) is 2.